The van der Waals surface area contributed by atoms with Crippen LogP contribution < -0.4 is 0 Å². The third kappa shape index (κ3) is 3.62. The van der Waals surface area contributed by atoms with Gasteiger partial charge < -0.3 is 9.64 Å². The predicted molar refractivity (Wildman–Crippen MR) is 88.6 cm³/mol. The zero-order valence-electron chi connectivity index (χ0n) is 14.2. The Hall–Kier alpha value is -2.28. The van der Waals surface area contributed by atoms with Crippen molar-refractivity contribution in [1.82, 2.24) is 24.6 Å². The molecule has 7 heteroatoms. The Bertz CT molecular complexity index is 686. The molecule has 2 aromatic heterocycles. The van der Waals surface area contributed by atoms with Gasteiger partial charge in [0.05, 0.1) is 36.2 Å². The van der Waals surface area contributed by atoms with Crippen molar-refractivity contribution in [2.24, 2.45) is 0 Å². The fourth-order valence-corrected chi connectivity index (χ4v) is 2.98. The van der Waals surface area contributed by atoms with Crippen molar-refractivity contribution in [2.45, 2.75) is 39.3 Å². The van der Waals surface area contributed by atoms with E-state index in [0.717, 1.165) is 30.8 Å². The molecule has 3 heterocycles. The number of nitrogens with zero attached hydrogens (tertiary/aromatic N) is 5. The summed E-state index contributed by atoms with van der Waals surface area (Å²) >= 11 is 0. The predicted octanol–water partition coefficient (Wildman–Crippen LogP) is 1.48. The summed E-state index contributed by atoms with van der Waals surface area (Å²) in [4.78, 5) is 23.3. The molecule has 0 aromatic carbocycles. The Balaban J connectivity index is 1.71. The summed E-state index contributed by atoms with van der Waals surface area (Å²) in [6, 6.07) is 0.0534. The average Bonchev–Trinajstić information content (AvgIpc) is 3.01. The molecule has 128 valence electrons. The minimum atomic E-state index is 0.0413. The SMILES string of the molecule is CCn1cc(C(=O)N2CCOCC2CCc2cnccn2)c(C)n1. The van der Waals surface area contributed by atoms with Crippen molar-refractivity contribution in [3.63, 3.8) is 0 Å². The lowest BCUT2D eigenvalue weighted by atomic mass is 10.1. The number of amides is 1. The maximum atomic E-state index is 13.0. The lowest BCUT2D eigenvalue weighted by Crippen LogP contribution is -2.49. The summed E-state index contributed by atoms with van der Waals surface area (Å²) in [7, 11) is 0. The molecule has 3 rings (SSSR count). The highest BCUT2D eigenvalue weighted by atomic mass is 16.5. The zero-order valence-corrected chi connectivity index (χ0v) is 14.2. The van der Waals surface area contributed by atoms with Crippen molar-refractivity contribution in [1.29, 1.82) is 0 Å². The maximum Gasteiger partial charge on any atom is 0.257 e. The average molecular weight is 329 g/mol. The summed E-state index contributed by atoms with van der Waals surface area (Å²) in [5, 5.41) is 4.38. The molecule has 7 nitrogen and oxygen atoms in total. The van der Waals surface area contributed by atoms with Crippen LogP contribution in [0.3, 0.4) is 0 Å². The normalized spacial score (nSPS) is 17.9. The van der Waals surface area contributed by atoms with Crippen molar-refractivity contribution < 1.29 is 9.53 Å². The van der Waals surface area contributed by atoms with Crippen LogP contribution in [0.4, 0.5) is 0 Å². The van der Waals surface area contributed by atoms with E-state index in [1.54, 1.807) is 23.3 Å². The highest BCUT2D eigenvalue weighted by molar-refractivity contribution is 5.95. The molecule has 1 fully saturated rings. The Kier molecular flexibility index (Phi) is 5.20. The largest absolute Gasteiger partial charge is 0.377 e. The van der Waals surface area contributed by atoms with E-state index >= 15 is 0 Å². The van der Waals surface area contributed by atoms with Crippen LogP contribution in [0.1, 0.15) is 35.1 Å². The quantitative estimate of drug-likeness (QED) is 0.831. The van der Waals surface area contributed by atoms with Crippen LogP contribution in [0.2, 0.25) is 0 Å². The first kappa shape index (κ1) is 16.6. The molecule has 1 saturated heterocycles. The van der Waals surface area contributed by atoms with Gasteiger partial charge in [-0.1, -0.05) is 0 Å². The number of ether oxygens (including phenoxy) is 1. The highest BCUT2D eigenvalue weighted by Gasteiger charge is 2.29. The van der Waals surface area contributed by atoms with E-state index in [9.17, 15) is 4.79 Å². The molecule has 0 saturated carbocycles. The van der Waals surface area contributed by atoms with Gasteiger partial charge in [-0.25, -0.2) is 0 Å². The molecule has 2 aromatic rings. The molecule has 0 spiro atoms. The maximum absolute atomic E-state index is 13.0. The molecule has 0 N–H and O–H groups in total. The molecular formula is C17H23N5O2. The molecular weight excluding hydrogens is 306 g/mol. The van der Waals surface area contributed by atoms with E-state index in [1.165, 1.54) is 0 Å². The van der Waals surface area contributed by atoms with E-state index < -0.39 is 0 Å². The van der Waals surface area contributed by atoms with Crippen LogP contribution in [-0.2, 0) is 17.7 Å². The number of aryl methyl sites for hydroxylation is 3. The number of rotatable bonds is 5. The Morgan fingerprint density at radius 1 is 1.42 bits per heavy atom. The van der Waals surface area contributed by atoms with Crippen LogP contribution in [0.15, 0.2) is 24.8 Å². The van der Waals surface area contributed by atoms with Gasteiger partial charge in [-0.3, -0.25) is 19.4 Å². The molecule has 0 bridgehead atoms. The molecule has 0 aliphatic carbocycles. The van der Waals surface area contributed by atoms with Gasteiger partial charge in [0.1, 0.15) is 0 Å². The van der Waals surface area contributed by atoms with Gasteiger partial charge in [-0.05, 0) is 26.7 Å². The molecule has 0 radical (unpaired) electrons. The number of carbonyl (C=O) groups excluding carboxylic acids is 1. The van der Waals surface area contributed by atoms with E-state index in [-0.39, 0.29) is 11.9 Å². The summed E-state index contributed by atoms with van der Waals surface area (Å²) < 4.78 is 7.40. The molecule has 1 aliphatic rings. The first-order chi connectivity index (χ1) is 11.7. The summed E-state index contributed by atoms with van der Waals surface area (Å²) in [6.07, 6.45) is 8.55. The van der Waals surface area contributed by atoms with E-state index in [0.29, 0.717) is 25.3 Å². The van der Waals surface area contributed by atoms with Crippen LogP contribution in [0.25, 0.3) is 0 Å². The summed E-state index contributed by atoms with van der Waals surface area (Å²) in [6.45, 7) is 6.41. The number of aromatic nitrogens is 4. The van der Waals surface area contributed by atoms with Crippen molar-refractivity contribution in [3.8, 4) is 0 Å². The van der Waals surface area contributed by atoms with Crippen LogP contribution in [0.5, 0.6) is 0 Å². The van der Waals surface area contributed by atoms with Gasteiger partial charge in [0.15, 0.2) is 0 Å². The second-order valence-electron chi connectivity index (χ2n) is 5.95. The lowest BCUT2D eigenvalue weighted by Gasteiger charge is -2.35. The van der Waals surface area contributed by atoms with Crippen LogP contribution >= 0.6 is 0 Å². The number of morpholine rings is 1. The highest BCUT2D eigenvalue weighted by Crippen LogP contribution is 2.18. The van der Waals surface area contributed by atoms with Gasteiger partial charge in [-0.15, -0.1) is 0 Å². The van der Waals surface area contributed by atoms with Gasteiger partial charge in [0.2, 0.25) is 0 Å². The van der Waals surface area contributed by atoms with Crippen molar-refractivity contribution in [3.05, 3.63) is 41.7 Å². The fourth-order valence-electron chi connectivity index (χ4n) is 2.98. The summed E-state index contributed by atoms with van der Waals surface area (Å²) in [5.74, 6) is 0.0413. The monoisotopic (exact) mass is 329 g/mol. The molecule has 24 heavy (non-hydrogen) atoms. The van der Waals surface area contributed by atoms with Crippen LogP contribution in [0, 0.1) is 6.92 Å². The topological polar surface area (TPSA) is 73.1 Å². The Morgan fingerprint density at radius 2 is 2.29 bits per heavy atom. The molecule has 1 unspecified atom stereocenters. The van der Waals surface area contributed by atoms with E-state index in [1.807, 2.05) is 24.9 Å². The first-order valence-corrected chi connectivity index (χ1v) is 8.36. The second kappa shape index (κ2) is 7.53. The van der Waals surface area contributed by atoms with E-state index in [4.69, 9.17) is 4.74 Å². The smallest absolute Gasteiger partial charge is 0.257 e. The summed E-state index contributed by atoms with van der Waals surface area (Å²) in [5.41, 5.74) is 2.40. The van der Waals surface area contributed by atoms with Crippen LogP contribution in [-0.4, -0.2) is 56.4 Å². The van der Waals surface area contributed by atoms with E-state index in [2.05, 4.69) is 15.1 Å². The zero-order chi connectivity index (χ0) is 16.9. The Morgan fingerprint density at radius 3 is 3.00 bits per heavy atom. The van der Waals surface area contributed by atoms with Gasteiger partial charge in [0, 0.05) is 37.9 Å². The Labute approximate surface area is 141 Å². The molecule has 1 atom stereocenters. The number of hydrogen-bond acceptors (Lipinski definition) is 5. The molecule has 1 amide bonds. The number of hydrogen-bond donors (Lipinski definition) is 0. The number of carbonyl (C=O) groups is 1. The standard InChI is InChI=1S/C17H23N5O2/c1-3-21-11-16(13(2)20-21)17(23)22-8-9-24-12-15(22)5-4-14-10-18-6-7-19-14/h6-7,10-11,15H,3-5,8-9,12H2,1-2H3. The van der Waals surface area contributed by atoms with Gasteiger partial charge >= 0.3 is 0 Å². The fraction of sp³-hybridized carbons (Fsp3) is 0.529. The third-order valence-corrected chi connectivity index (χ3v) is 4.34. The lowest BCUT2D eigenvalue weighted by molar-refractivity contribution is -0.00417. The van der Waals surface area contributed by atoms with Gasteiger partial charge in [-0.2, -0.15) is 5.10 Å². The molecule has 1 aliphatic heterocycles. The second-order valence-corrected chi connectivity index (χ2v) is 5.95. The van der Waals surface area contributed by atoms with Crippen molar-refractivity contribution in [2.75, 3.05) is 19.8 Å². The minimum absolute atomic E-state index is 0.0413. The third-order valence-electron chi connectivity index (χ3n) is 4.34. The van der Waals surface area contributed by atoms with Crippen molar-refractivity contribution >= 4 is 5.91 Å². The minimum Gasteiger partial charge on any atom is -0.377 e. The van der Waals surface area contributed by atoms with Gasteiger partial charge in [0.25, 0.3) is 5.91 Å². The first-order valence-electron chi connectivity index (χ1n) is 8.36.